The highest BCUT2D eigenvalue weighted by Gasteiger charge is 2.35. The van der Waals surface area contributed by atoms with Crippen molar-refractivity contribution in [3.63, 3.8) is 0 Å². The third kappa shape index (κ3) is 3.36. The van der Waals surface area contributed by atoms with Gasteiger partial charge in [-0.1, -0.05) is 0 Å². The quantitative estimate of drug-likeness (QED) is 0.733. The van der Waals surface area contributed by atoms with Crippen molar-refractivity contribution in [2.45, 2.75) is 25.1 Å². The lowest BCUT2D eigenvalue weighted by Crippen LogP contribution is -2.25. The number of benzene rings is 1. The van der Waals surface area contributed by atoms with Gasteiger partial charge in [0.1, 0.15) is 17.8 Å². The summed E-state index contributed by atoms with van der Waals surface area (Å²) >= 11 is 0. The number of oxazole rings is 1. The summed E-state index contributed by atoms with van der Waals surface area (Å²) in [6.07, 6.45) is 6.46. The molecule has 1 fully saturated rings. The average Bonchev–Trinajstić information content (AvgIpc) is 3.42. The molecule has 0 saturated carbocycles. The smallest absolute Gasteiger partial charge is 0.226 e. The number of ether oxygens (including phenoxy) is 2. The number of nitrogens with zero attached hydrogens (tertiary/aromatic N) is 3. The molecule has 0 bridgehead atoms. The summed E-state index contributed by atoms with van der Waals surface area (Å²) < 4.78 is 16.4. The molecular formula is C19H22N4O3. The molecule has 136 valence electrons. The summed E-state index contributed by atoms with van der Waals surface area (Å²) in [5.74, 6) is 2.38. The minimum absolute atomic E-state index is 0.191. The van der Waals surface area contributed by atoms with Gasteiger partial charge < -0.3 is 18.9 Å². The van der Waals surface area contributed by atoms with Crippen LogP contribution in [0.1, 0.15) is 24.0 Å². The largest absolute Gasteiger partial charge is 0.497 e. The van der Waals surface area contributed by atoms with E-state index in [1.54, 1.807) is 26.7 Å². The molecule has 7 nitrogen and oxygen atoms in total. The maximum absolute atomic E-state index is 5.68. The zero-order chi connectivity index (χ0) is 17.9. The number of hydrogen-bond acceptors (Lipinski definition) is 6. The third-order valence-electron chi connectivity index (χ3n) is 4.79. The van der Waals surface area contributed by atoms with Crippen LogP contribution in [-0.4, -0.2) is 46.7 Å². The first-order chi connectivity index (χ1) is 12.8. The van der Waals surface area contributed by atoms with Crippen LogP contribution < -0.4 is 4.74 Å². The molecule has 4 rings (SSSR count). The Morgan fingerprint density at radius 3 is 2.81 bits per heavy atom. The van der Waals surface area contributed by atoms with E-state index in [2.05, 4.69) is 19.9 Å². The summed E-state index contributed by atoms with van der Waals surface area (Å²) in [5, 5.41) is 0. The van der Waals surface area contributed by atoms with Crippen molar-refractivity contribution in [3.8, 4) is 17.2 Å². The molecule has 0 amide bonds. The Bertz CT molecular complexity index is 829. The second-order valence-electron chi connectivity index (χ2n) is 6.39. The zero-order valence-corrected chi connectivity index (χ0v) is 14.9. The fraction of sp³-hybridized carbons (Fsp3) is 0.368. The standard InChI is InChI=1S/C19H22N4O3/c1-24-15-5-3-13(4-6-15)19-22-14(12-26-19)10-23-11-16(25-2)9-17(23)18-20-7-8-21-18/h3-8,12,16-17H,9-11H2,1-2H3,(H,20,21)/t16-,17?/m1/s1. The van der Waals surface area contributed by atoms with Gasteiger partial charge in [-0.05, 0) is 30.7 Å². The van der Waals surface area contributed by atoms with Crippen LogP contribution in [0.25, 0.3) is 11.5 Å². The molecule has 1 aliphatic rings. The van der Waals surface area contributed by atoms with Gasteiger partial charge in [-0.15, -0.1) is 0 Å². The molecule has 1 saturated heterocycles. The number of hydrogen-bond donors (Lipinski definition) is 1. The van der Waals surface area contributed by atoms with Crippen LogP contribution in [0.2, 0.25) is 0 Å². The third-order valence-corrected chi connectivity index (χ3v) is 4.79. The molecule has 1 aromatic carbocycles. The Balaban J connectivity index is 1.50. The highest BCUT2D eigenvalue weighted by molar-refractivity contribution is 5.54. The van der Waals surface area contributed by atoms with Gasteiger partial charge in [-0.25, -0.2) is 9.97 Å². The van der Waals surface area contributed by atoms with E-state index < -0.39 is 0 Å². The van der Waals surface area contributed by atoms with E-state index >= 15 is 0 Å². The number of H-pyrrole nitrogens is 1. The molecule has 2 aromatic heterocycles. The molecule has 0 spiro atoms. The van der Waals surface area contributed by atoms with E-state index in [0.717, 1.165) is 35.8 Å². The van der Waals surface area contributed by atoms with Gasteiger partial charge in [0.2, 0.25) is 5.89 Å². The van der Waals surface area contributed by atoms with Gasteiger partial charge >= 0.3 is 0 Å². The van der Waals surface area contributed by atoms with Gasteiger partial charge in [-0.3, -0.25) is 4.90 Å². The molecule has 3 aromatic rings. The van der Waals surface area contributed by atoms with Crippen molar-refractivity contribution in [1.29, 1.82) is 0 Å². The lowest BCUT2D eigenvalue weighted by molar-refractivity contribution is 0.107. The Hall–Kier alpha value is -2.64. The number of methoxy groups -OCH3 is 2. The molecule has 2 atom stereocenters. The number of imidazole rings is 1. The normalized spacial score (nSPS) is 20.5. The van der Waals surface area contributed by atoms with E-state index in [1.807, 2.05) is 30.5 Å². The predicted molar refractivity (Wildman–Crippen MR) is 95.6 cm³/mol. The monoisotopic (exact) mass is 354 g/mol. The predicted octanol–water partition coefficient (Wildman–Crippen LogP) is 3.04. The van der Waals surface area contributed by atoms with Crippen molar-refractivity contribution in [2.75, 3.05) is 20.8 Å². The van der Waals surface area contributed by atoms with Crippen molar-refractivity contribution >= 4 is 0 Å². The SMILES string of the molecule is COc1ccc(-c2nc(CN3C[C@H](OC)CC3c3ncc[nH]3)co2)cc1. The summed E-state index contributed by atoms with van der Waals surface area (Å²) in [6, 6.07) is 7.87. The van der Waals surface area contributed by atoms with E-state index in [1.165, 1.54) is 0 Å². The van der Waals surface area contributed by atoms with Crippen LogP contribution in [-0.2, 0) is 11.3 Å². The minimum Gasteiger partial charge on any atom is -0.497 e. The Morgan fingerprint density at radius 2 is 2.12 bits per heavy atom. The number of nitrogens with one attached hydrogen (secondary N) is 1. The van der Waals surface area contributed by atoms with Crippen LogP contribution in [0.15, 0.2) is 47.3 Å². The number of aromatic nitrogens is 3. The van der Waals surface area contributed by atoms with E-state index in [-0.39, 0.29) is 12.1 Å². The lowest BCUT2D eigenvalue weighted by atomic mass is 10.2. The van der Waals surface area contributed by atoms with Crippen LogP contribution in [0.5, 0.6) is 5.75 Å². The lowest BCUT2D eigenvalue weighted by Gasteiger charge is -2.21. The molecule has 3 heterocycles. The molecule has 7 heteroatoms. The van der Waals surface area contributed by atoms with E-state index in [4.69, 9.17) is 13.9 Å². The average molecular weight is 354 g/mol. The molecule has 0 radical (unpaired) electrons. The first-order valence-electron chi connectivity index (χ1n) is 8.61. The highest BCUT2D eigenvalue weighted by Crippen LogP contribution is 2.33. The molecular weight excluding hydrogens is 332 g/mol. The van der Waals surface area contributed by atoms with E-state index in [0.29, 0.717) is 12.4 Å². The Labute approximate surface area is 152 Å². The minimum atomic E-state index is 0.191. The number of likely N-dealkylation sites (tertiary alicyclic amines) is 1. The fourth-order valence-corrected chi connectivity index (χ4v) is 3.41. The first kappa shape index (κ1) is 16.8. The number of rotatable bonds is 6. The van der Waals surface area contributed by atoms with Crippen molar-refractivity contribution in [3.05, 3.63) is 54.4 Å². The van der Waals surface area contributed by atoms with Gasteiger partial charge in [0.25, 0.3) is 0 Å². The maximum atomic E-state index is 5.68. The number of aromatic amines is 1. The van der Waals surface area contributed by atoms with Crippen molar-refractivity contribution < 1.29 is 13.9 Å². The van der Waals surface area contributed by atoms with Crippen molar-refractivity contribution in [2.24, 2.45) is 0 Å². The van der Waals surface area contributed by atoms with Gasteiger partial charge in [-0.2, -0.15) is 0 Å². The van der Waals surface area contributed by atoms with Gasteiger partial charge in [0.15, 0.2) is 0 Å². The second kappa shape index (κ2) is 7.31. The zero-order valence-electron chi connectivity index (χ0n) is 14.9. The Morgan fingerprint density at radius 1 is 1.27 bits per heavy atom. The highest BCUT2D eigenvalue weighted by atomic mass is 16.5. The van der Waals surface area contributed by atoms with Crippen molar-refractivity contribution in [1.82, 2.24) is 19.9 Å². The molecule has 1 unspecified atom stereocenters. The summed E-state index contributed by atoms with van der Waals surface area (Å²) in [4.78, 5) is 14.6. The molecule has 26 heavy (non-hydrogen) atoms. The summed E-state index contributed by atoms with van der Waals surface area (Å²) in [5.41, 5.74) is 1.82. The summed E-state index contributed by atoms with van der Waals surface area (Å²) in [7, 11) is 3.41. The Kier molecular flexibility index (Phi) is 4.73. The van der Waals surface area contributed by atoms with Crippen LogP contribution in [0, 0.1) is 0 Å². The van der Waals surface area contributed by atoms with Crippen LogP contribution in [0.4, 0.5) is 0 Å². The maximum Gasteiger partial charge on any atom is 0.226 e. The van der Waals surface area contributed by atoms with Crippen LogP contribution >= 0.6 is 0 Å². The molecule has 0 aliphatic carbocycles. The van der Waals surface area contributed by atoms with Crippen LogP contribution in [0.3, 0.4) is 0 Å². The fourth-order valence-electron chi connectivity index (χ4n) is 3.41. The van der Waals surface area contributed by atoms with Gasteiger partial charge in [0, 0.05) is 38.2 Å². The second-order valence-corrected chi connectivity index (χ2v) is 6.39. The van der Waals surface area contributed by atoms with Gasteiger partial charge in [0.05, 0.1) is 24.9 Å². The van der Waals surface area contributed by atoms with E-state index in [9.17, 15) is 0 Å². The summed E-state index contributed by atoms with van der Waals surface area (Å²) in [6.45, 7) is 1.53. The molecule has 1 aliphatic heterocycles. The first-order valence-corrected chi connectivity index (χ1v) is 8.61. The topological polar surface area (TPSA) is 76.4 Å². The molecule has 1 N–H and O–H groups in total.